The van der Waals surface area contributed by atoms with Gasteiger partial charge in [0.25, 0.3) is 0 Å². The van der Waals surface area contributed by atoms with Crippen molar-refractivity contribution in [3.05, 3.63) is 48.0 Å². The van der Waals surface area contributed by atoms with E-state index in [1.54, 1.807) is 6.20 Å². The summed E-state index contributed by atoms with van der Waals surface area (Å²) < 4.78 is 0. The molecule has 2 heterocycles. The molecule has 3 N–H and O–H groups in total. The first-order valence-corrected chi connectivity index (χ1v) is 5.95. The Kier molecular flexibility index (Phi) is 2.64. The van der Waals surface area contributed by atoms with Gasteiger partial charge in [-0.15, -0.1) is 0 Å². The fourth-order valence-corrected chi connectivity index (χ4v) is 2.25. The van der Waals surface area contributed by atoms with Gasteiger partial charge in [0.2, 0.25) is 0 Å². The number of aromatic amines is 1. The van der Waals surface area contributed by atoms with Crippen LogP contribution in [0.5, 0.6) is 0 Å². The molecule has 0 aliphatic rings. The van der Waals surface area contributed by atoms with E-state index >= 15 is 0 Å². The number of aromatic nitrogens is 4. The maximum absolute atomic E-state index is 5.78. The predicted octanol–water partition coefficient (Wildman–Crippen LogP) is 1.95. The van der Waals surface area contributed by atoms with Crippen LogP contribution in [0.3, 0.4) is 0 Å². The number of fused-ring (bicyclic) bond motifs is 1. The highest BCUT2D eigenvalue weighted by Crippen LogP contribution is 2.31. The van der Waals surface area contributed by atoms with Gasteiger partial charge < -0.3 is 5.73 Å². The zero-order valence-electron chi connectivity index (χ0n) is 9.41. The minimum absolute atomic E-state index is 0.156. The molecule has 18 heavy (non-hydrogen) atoms. The summed E-state index contributed by atoms with van der Waals surface area (Å²) in [5.41, 5.74) is 9.03. The summed E-state index contributed by atoms with van der Waals surface area (Å²) in [6, 6.07) is 7.62. The Morgan fingerprint density at radius 1 is 1.28 bits per heavy atom. The summed E-state index contributed by atoms with van der Waals surface area (Å²) in [6.07, 6.45) is 3.21. The highest BCUT2D eigenvalue weighted by Gasteiger charge is 2.15. The van der Waals surface area contributed by atoms with Crippen molar-refractivity contribution in [3.63, 3.8) is 0 Å². The lowest BCUT2D eigenvalue weighted by Crippen LogP contribution is -1.99. The lowest BCUT2D eigenvalue weighted by molar-refractivity contribution is 1.04. The number of nitrogen functional groups attached to an aromatic ring is 1. The SMILES string of the molecule is Nc1cccc(C(S)c2ncnc3[nH]ncc23)c1. The van der Waals surface area contributed by atoms with Crippen molar-refractivity contribution >= 4 is 29.3 Å². The van der Waals surface area contributed by atoms with Crippen LogP contribution in [-0.4, -0.2) is 20.2 Å². The number of nitrogens with two attached hydrogens (primary N) is 1. The maximum Gasteiger partial charge on any atom is 0.158 e. The molecule has 5 nitrogen and oxygen atoms in total. The number of H-pyrrole nitrogens is 1. The van der Waals surface area contributed by atoms with Crippen LogP contribution in [0.4, 0.5) is 5.69 Å². The van der Waals surface area contributed by atoms with Gasteiger partial charge in [-0.25, -0.2) is 9.97 Å². The average molecular weight is 257 g/mol. The van der Waals surface area contributed by atoms with Gasteiger partial charge in [-0.1, -0.05) is 12.1 Å². The fraction of sp³-hybridized carbons (Fsp3) is 0.0833. The normalized spacial score (nSPS) is 12.7. The zero-order valence-corrected chi connectivity index (χ0v) is 10.3. The van der Waals surface area contributed by atoms with Crippen molar-refractivity contribution in [3.8, 4) is 0 Å². The Morgan fingerprint density at radius 2 is 2.17 bits per heavy atom. The standard InChI is InChI=1S/C12H11N5S/c13-8-3-1-2-7(4-8)11(18)10-9-5-16-17-12(9)15-6-14-10/h1-6,11,18H,13H2,(H,14,15,16,17). The van der Waals surface area contributed by atoms with Crippen molar-refractivity contribution in [2.45, 2.75) is 5.25 Å². The first kappa shape index (κ1) is 11.0. The summed E-state index contributed by atoms with van der Waals surface area (Å²) in [4.78, 5) is 8.40. The van der Waals surface area contributed by atoms with Crippen LogP contribution in [-0.2, 0) is 0 Å². The molecule has 0 bridgehead atoms. The number of thiol groups is 1. The van der Waals surface area contributed by atoms with Gasteiger partial charge >= 0.3 is 0 Å². The van der Waals surface area contributed by atoms with Crippen LogP contribution in [0.15, 0.2) is 36.8 Å². The quantitative estimate of drug-likeness (QED) is 0.484. The summed E-state index contributed by atoms with van der Waals surface area (Å²) in [7, 11) is 0. The van der Waals surface area contributed by atoms with Crippen LogP contribution in [0.25, 0.3) is 11.0 Å². The first-order valence-electron chi connectivity index (χ1n) is 5.43. The van der Waals surface area contributed by atoms with Crippen LogP contribution in [0.1, 0.15) is 16.5 Å². The molecule has 3 rings (SSSR count). The van der Waals surface area contributed by atoms with E-state index in [2.05, 4.69) is 32.8 Å². The van der Waals surface area contributed by atoms with Gasteiger partial charge in [-0.05, 0) is 17.7 Å². The van der Waals surface area contributed by atoms with E-state index in [4.69, 9.17) is 5.73 Å². The predicted molar refractivity (Wildman–Crippen MR) is 73.4 cm³/mol. The molecule has 0 fully saturated rings. The number of hydrogen-bond acceptors (Lipinski definition) is 5. The van der Waals surface area contributed by atoms with E-state index < -0.39 is 0 Å². The summed E-state index contributed by atoms with van der Waals surface area (Å²) in [5.74, 6) is 0. The number of nitrogens with zero attached hydrogens (tertiary/aromatic N) is 3. The topological polar surface area (TPSA) is 80.5 Å². The van der Waals surface area contributed by atoms with E-state index in [9.17, 15) is 0 Å². The van der Waals surface area contributed by atoms with Gasteiger partial charge in [0, 0.05) is 5.69 Å². The molecule has 0 saturated heterocycles. The molecule has 3 aromatic rings. The number of rotatable bonds is 2. The number of anilines is 1. The Bertz CT molecular complexity index is 694. The smallest absolute Gasteiger partial charge is 0.158 e. The second kappa shape index (κ2) is 4.30. The third-order valence-corrected chi connectivity index (χ3v) is 3.31. The van der Waals surface area contributed by atoms with Gasteiger partial charge in [0.05, 0.1) is 22.5 Å². The van der Waals surface area contributed by atoms with Crippen molar-refractivity contribution in [2.75, 3.05) is 5.73 Å². The van der Waals surface area contributed by atoms with Crippen molar-refractivity contribution in [1.82, 2.24) is 20.2 Å². The van der Waals surface area contributed by atoms with E-state index in [1.165, 1.54) is 6.33 Å². The van der Waals surface area contributed by atoms with Crippen LogP contribution in [0.2, 0.25) is 0 Å². The van der Waals surface area contributed by atoms with Gasteiger partial charge in [0.1, 0.15) is 6.33 Å². The molecule has 0 spiro atoms. The molecule has 0 saturated carbocycles. The van der Waals surface area contributed by atoms with Gasteiger partial charge in [-0.2, -0.15) is 17.7 Å². The highest BCUT2D eigenvalue weighted by molar-refractivity contribution is 7.80. The monoisotopic (exact) mass is 257 g/mol. The van der Waals surface area contributed by atoms with E-state index in [-0.39, 0.29) is 5.25 Å². The van der Waals surface area contributed by atoms with Gasteiger partial charge in [0.15, 0.2) is 5.65 Å². The molecule has 6 heteroatoms. The Morgan fingerprint density at radius 3 is 3.00 bits per heavy atom. The Labute approximate surface area is 109 Å². The number of nitrogens with one attached hydrogen (secondary N) is 1. The van der Waals surface area contributed by atoms with Crippen LogP contribution >= 0.6 is 12.6 Å². The lowest BCUT2D eigenvalue weighted by Gasteiger charge is -2.11. The number of hydrogen-bond donors (Lipinski definition) is 3. The minimum Gasteiger partial charge on any atom is -0.399 e. The van der Waals surface area contributed by atoms with Crippen molar-refractivity contribution < 1.29 is 0 Å². The Balaban J connectivity index is 2.12. The molecular weight excluding hydrogens is 246 g/mol. The van der Waals surface area contributed by atoms with E-state index in [1.807, 2.05) is 24.3 Å². The van der Waals surface area contributed by atoms with E-state index in [0.717, 1.165) is 16.6 Å². The van der Waals surface area contributed by atoms with Crippen molar-refractivity contribution in [2.24, 2.45) is 0 Å². The third-order valence-electron chi connectivity index (χ3n) is 2.76. The first-order chi connectivity index (χ1) is 8.75. The molecule has 2 aromatic heterocycles. The highest BCUT2D eigenvalue weighted by atomic mass is 32.1. The Hall–Kier alpha value is -2.08. The molecule has 0 amide bonds. The zero-order chi connectivity index (χ0) is 12.5. The molecule has 90 valence electrons. The second-order valence-electron chi connectivity index (χ2n) is 3.96. The molecule has 1 aromatic carbocycles. The third kappa shape index (κ3) is 1.80. The second-order valence-corrected chi connectivity index (χ2v) is 4.48. The number of benzene rings is 1. The lowest BCUT2D eigenvalue weighted by atomic mass is 10.1. The average Bonchev–Trinajstić information content (AvgIpc) is 2.86. The maximum atomic E-state index is 5.78. The van der Waals surface area contributed by atoms with Gasteiger partial charge in [-0.3, -0.25) is 5.10 Å². The van der Waals surface area contributed by atoms with Crippen LogP contribution in [0, 0.1) is 0 Å². The molecular formula is C12H11N5S. The summed E-state index contributed by atoms with van der Waals surface area (Å²) in [6.45, 7) is 0. The molecule has 0 radical (unpaired) electrons. The van der Waals surface area contributed by atoms with Crippen molar-refractivity contribution in [1.29, 1.82) is 0 Å². The van der Waals surface area contributed by atoms with E-state index in [0.29, 0.717) is 11.3 Å². The largest absolute Gasteiger partial charge is 0.399 e. The summed E-state index contributed by atoms with van der Waals surface area (Å²) in [5, 5.41) is 7.51. The van der Waals surface area contributed by atoms with Crippen LogP contribution < -0.4 is 5.73 Å². The summed E-state index contributed by atoms with van der Waals surface area (Å²) >= 11 is 4.62. The molecule has 1 atom stereocenters. The fourth-order valence-electron chi connectivity index (χ4n) is 1.89. The molecule has 1 unspecified atom stereocenters. The minimum atomic E-state index is -0.156. The molecule has 0 aliphatic carbocycles. The molecule has 0 aliphatic heterocycles.